The highest BCUT2D eigenvalue weighted by Gasteiger charge is 2.21. The van der Waals surface area contributed by atoms with Crippen LogP contribution in [0.1, 0.15) is 12.0 Å². The zero-order valence-electron chi connectivity index (χ0n) is 17.4. The number of amides is 3. The number of urea groups is 1. The third-order valence-corrected chi connectivity index (χ3v) is 5.28. The predicted molar refractivity (Wildman–Crippen MR) is 119 cm³/mol. The largest absolute Gasteiger partial charge is 0.337 e. The van der Waals surface area contributed by atoms with Crippen LogP contribution in [-0.2, 0) is 18.9 Å². The summed E-state index contributed by atoms with van der Waals surface area (Å²) in [6, 6.07) is 6.66. The van der Waals surface area contributed by atoms with Gasteiger partial charge >= 0.3 is 11.7 Å². The summed E-state index contributed by atoms with van der Waals surface area (Å²) >= 11 is 5.95. The van der Waals surface area contributed by atoms with Gasteiger partial charge in [0.1, 0.15) is 0 Å². The fourth-order valence-corrected chi connectivity index (χ4v) is 3.52. The maximum atomic E-state index is 12.6. The second-order valence-electron chi connectivity index (χ2n) is 7.28. The standard InChI is InChI=1S/C21H24ClN5O4/c1-24-14-15(19(29)25(2)21(24)31)7-8-18(28)26-9-4-10-27(12-11-26)20(30)23-17-6-3-5-16(22)13-17/h3,5-8,13-14H,4,9-12H2,1-2H3,(H,23,30)/b8-7+. The number of benzene rings is 1. The molecule has 0 bridgehead atoms. The molecule has 1 saturated heterocycles. The van der Waals surface area contributed by atoms with Crippen molar-refractivity contribution in [1.82, 2.24) is 18.9 Å². The van der Waals surface area contributed by atoms with Crippen LogP contribution in [0.5, 0.6) is 0 Å². The summed E-state index contributed by atoms with van der Waals surface area (Å²) in [5.41, 5.74) is -0.0456. The monoisotopic (exact) mass is 445 g/mol. The van der Waals surface area contributed by atoms with E-state index in [4.69, 9.17) is 11.6 Å². The topological polar surface area (TPSA) is 96.7 Å². The van der Waals surface area contributed by atoms with Gasteiger partial charge in [-0.05, 0) is 30.7 Å². The molecule has 9 nitrogen and oxygen atoms in total. The maximum Gasteiger partial charge on any atom is 0.330 e. The van der Waals surface area contributed by atoms with E-state index in [1.165, 1.54) is 30.0 Å². The van der Waals surface area contributed by atoms with E-state index in [0.29, 0.717) is 43.3 Å². The van der Waals surface area contributed by atoms with Crippen molar-refractivity contribution in [3.05, 3.63) is 68.0 Å². The molecule has 2 heterocycles. The summed E-state index contributed by atoms with van der Waals surface area (Å²) < 4.78 is 2.28. The zero-order valence-corrected chi connectivity index (χ0v) is 18.1. The highest BCUT2D eigenvalue weighted by molar-refractivity contribution is 6.30. The lowest BCUT2D eigenvalue weighted by molar-refractivity contribution is -0.125. The number of halogens is 1. The number of carbonyl (C=O) groups excluding carboxylic acids is 2. The van der Waals surface area contributed by atoms with Crippen LogP contribution < -0.4 is 16.6 Å². The van der Waals surface area contributed by atoms with Crippen molar-refractivity contribution in [2.75, 3.05) is 31.5 Å². The maximum absolute atomic E-state index is 12.6. The van der Waals surface area contributed by atoms with E-state index in [1.54, 1.807) is 41.1 Å². The number of rotatable bonds is 3. The highest BCUT2D eigenvalue weighted by atomic mass is 35.5. The Morgan fingerprint density at radius 3 is 2.52 bits per heavy atom. The first kappa shape index (κ1) is 22.4. The summed E-state index contributed by atoms with van der Waals surface area (Å²) in [7, 11) is 2.93. The average molecular weight is 446 g/mol. The van der Waals surface area contributed by atoms with Crippen LogP contribution in [0, 0.1) is 0 Å². The van der Waals surface area contributed by atoms with Crippen molar-refractivity contribution in [2.24, 2.45) is 14.1 Å². The summed E-state index contributed by atoms with van der Waals surface area (Å²) in [5.74, 6) is -0.256. The van der Waals surface area contributed by atoms with E-state index >= 15 is 0 Å². The van der Waals surface area contributed by atoms with E-state index in [2.05, 4.69) is 5.32 Å². The van der Waals surface area contributed by atoms with Gasteiger partial charge in [0.05, 0.1) is 5.56 Å². The number of hydrogen-bond donors (Lipinski definition) is 1. The van der Waals surface area contributed by atoms with Crippen molar-refractivity contribution in [2.45, 2.75) is 6.42 Å². The minimum Gasteiger partial charge on any atom is -0.337 e. The van der Waals surface area contributed by atoms with E-state index in [0.717, 1.165) is 4.57 Å². The van der Waals surface area contributed by atoms with Gasteiger partial charge < -0.3 is 19.7 Å². The Morgan fingerprint density at radius 1 is 1.06 bits per heavy atom. The number of nitrogens with one attached hydrogen (secondary N) is 1. The smallest absolute Gasteiger partial charge is 0.330 e. The molecule has 0 saturated carbocycles. The van der Waals surface area contributed by atoms with Gasteiger partial charge in [-0.1, -0.05) is 17.7 Å². The summed E-state index contributed by atoms with van der Waals surface area (Å²) in [4.78, 5) is 52.4. The third-order valence-electron chi connectivity index (χ3n) is 5.05. The minimum absolute atomic E-state index is 0.246. The van der Waals surface area contributed by atoms with Gasteiger partial charge in [-0.15, -0.1) is 0 Å². The minimum atomic E-state index is -0.466. The number of carbonyl (C=O) groups is 2. The number of aryl methyl sites for hydroxylation is 1. The molecular formula is C21H24ClN5O4. The van der Waals surface area contributed by atoms with Crippen LogP contribution in [0.4, 0.5) is 10.5 Å². The molecule has 1 N–H and O–H groups in total. The highest BCUT2D eigenvalue weighted by Crippen LogP contribution is 2.16. The molecule has 1 aromatic heterocycles. The molecule has 3 amide bonds. The van der Waals surface area contributed by atoms with Gasteiger partial charge in [0, 0.05) is 63.3 Å². The van der Waals surface area contributed by atoms with Gasteiger partial charge in [0.15, 0.2) is 0 Å². The molecule has 1 aromatic carbocycles. The average Bonchev–Trinajstić information content (AvgIpc) is 3.00. The number of nitrogens with zero attached hydrogens (tertiary/aromatic N) is 4. The Balaban J connectivity index is 1.62. The second kappa shape index (κ2) is 9.65. The van der Waals surface area contributed by atoms with Gasteiger partial charge in [0.25, 0.3) is 5.56 Å². The van der Waals surface area contributed by atoms with E-state index in [-0.39, 0.29) is 17.5 Å². The summed E-state index contributed by atoms with van der Waals surface area (Å²) in [6.07, 6.45) is 4.77. The molecular weight excluding hydrogens is 422 g/mol. The van der Waals surface area contributed by atoms with Crippen LogP contribution in [0.15, 0.2) is 46.1 Å². The van der Waals surface area contributed by atoms with Gasteiger partial charge in [-0.3, -0.25) is 14.2 Å². The lowest BCUT2D eigenvalue weighted by atomic mass is 10.2. The Kier molecular flexibility index (Phi) is 6.96. The van der Waals surface area contributed by atoms with Gasteiger partial charge in [-0.25, -0.2) is 9.59 Å². The lowest BCUT2D eigenvalue weighted by Gasteiger charge is -2.22. The lowest BCUT2D eigenvalue weighted by Crippen LogP contribution is -2.39. The number of aromatic nitrogens is 2. The second-order valence-corrected chi connectivity index (χ2v) is 7.72. The molecule has 0 unspecified atom stereocenters. The van der Waals surface area contributed by atoms with Crippen LogP contribution in [-0.4, -0.2) is 57.1 Å². The van der Waals surface area contributed by atoms with E-state index in [1.807, 2.05) is 0 Å². The van der Waals surface area contributed by atoms with Crippen molar-refractivity contribution in [3.8, 4) is 0 Å². The molecule has 0 aliphatic carbocycles. The Labute approximate surface area is 184 Å². The number of hydrogen-bond acceptors (Lipinski definition) is 4. The Hall–Kier alpha value is -3.33. The van der Waals surface area contributed by atoms with E-state index < -0.39 is 11.2 Å². The summed E-state index contributed by atoms with van der Waals surface area (Å²) in [5, 5.41) is 3.35. The van der Waals surface area contributed by atoms with Crippen molar-refractivity contribution < 1.29 is 9.59 Å². The molecule has 1 aliphatic heterocycles. The predicted octanol–water partition coefficient (Wildman–Crippen LogP) is 1.52. The van der Waals surface area contributed by atoms with Crippen LogP contribution in [0.25, 0.3) is 6.08 Å². The van der Waals surface area contributed by atoms with Gasteiger partial charge in [0.2, 0.25) is 5.91 Å². The fourth-order valence-electron chi connectivity index (χ4n) is 3.33. The Bertz CT molecular complexity index is 1140. The van der Waals surface area contributed by atoms with Crippen molar-refractivity contribution >= 4 is 35.3 Å². The molecule has 31 heavy (non-hydrogen) atoms. The first-order chi connectivity index (χ1) is 14.8. The molecule has 0 radical (unpaired) electrons. The van der Waals surface area contributed by atoms with Crippen LogP contribution in [0.2, 0.25) is 5.02 Å². The molecule has 2 aromatic rings. The van der Waals surface area contributed by atoms with Crippen molar-refractivity contribution in [3.63, 3.8) is 0 Å². The first-order valence-electron chi connectivity index (χ1n) is 9.81. The molecule has 164 valence electrons. The molecule has 0 spiro atoms. The Morgan fingerprint density at radius 2 is 1.77 bits per heavy atom. The zero-order chi connectivity index (χ0) is 22.5. The summed E-state index contributed by atoms with van der Waals surface area (Å²) in [6.45, 7) is 1.77. The van der Waals surface area contributed by atoms with Gasteiger partial charge in [-0.2, -0.15) is 0 Å². The number of anilines is 1. The van der Waals surface area contributed by atoms with Crippen LogP contribution >= 0.6 is 11.6 Å². The molecule has 1 fully saturated rings. The van der Waals surface area contributed by atoms with E-state index in [9.17, 15) is 19.2 Å². The normalized spacial score (nSPS) is 14.5. The molecule has 3 rings (SSSR count). The first-order valence-corrected chi connectivity index (χ1v) is 10.2. The molecule has 10 heteroatoms. The third kappa shape index (κ3) is 5.43. The molecule has 0 atom stereocenters. The van der Waals surface area contributed by atoms with Crippen LogP contribution in [0.3, 0.4) is 0 Å². The van der Waals surface area contributed by atoms with Crippen molar-refractivity contribution in [1.29, 1.82) is 0 Å². The quantitative estimate of drug-likeness (QED) is 0.724. The molecule has 1 aliphatic rings. The SMILES string of the molecule is Cn1cc(/C=C/C(=O)N2CCCN(C(=O)Nc3cccc(Cl)c3)CC2)c(=O)n(C)c1=O. The fraction of sp³-hybridized carbons (Fsp3) is 0.333.